The quantitative estimate of drug-likeness (QED) is 0.430. The lowest BCUT2D eigenvalue weighted by Crippen LogP contribution is -2.33. The van der Waals surface area contributed by atoms with Crippen molar-refractivity contribution >= 4 is 35.2 Å². The van der Waals surface area contributed by atoms with E-state index in [1.54, 1.807) is 25.3 Å². The summed E-state index contributed by atoms with van der Waals surface area (Å²) in [7, 11) is 1.73. The van der Waals surface area contributed by atoms with E-state index in [9.17, 15) is 9.90 Å². The van der Waals surface area contributed by atoms with Gasteiger partial charge in [0.15, 0.2) is 0 Å². The third-order valence-electron chi connectivity index (χ3n) is 4.60. The molecule has 0 saturated carbocycles. The van der Waals surface area contributed by atoms with Gasteiger partial charge in [0.05, 0.1) is 6.04 Å². The Morgan fingerprint density at radius 2 is 1.86 bits per heavy atom. The minimum absolute atomic E-state index is 0.0521. The normalized spacial score (nSPS) is 17.1. The molecule has 2 unspecified atom stereocenters. The zero-order valence-corrected chi connectivity index (χ0v) is 17.6. The Morgan fingerprint density at radius 1 is 1.21 bits per heavy atom. The van der Waals surface area contributed by atoms with Gasteiger partial charge >= 0.3 is 6.09 Å². The predicted molar refractivity (Wildman–Crippen MR) is 112 cm³/mol. The molecule has 1 aliphatic rings. The molecule has 1 amide bonds. The van der Waals surface area contributed by atoms with Crippen LogP contribution in [0.1, 0.15) is 56.6 Å². The molecule has 1 heterocycles. The number of ether oxygens (including phenoxy) is 2. The summed E-state index contributed by atoms with van der Waals surface area (Å²) < 4.78 is 10.8. The van der Waals surface area contributed by atoms with Crippen LogP contribution in [0.25, 0.3) is 0 Å². The van der Waals surface area contributed by atoms with E-state index in [1.165, 1.54) is 19.3 Å². The van der Waals surface area contributed by atoms with Crippen molar-refractivity contribution in [2.75, 3.05) is 20.3 Å². The average molecular weight is 431 g/mol. The lowest BCUT2D eigenvalue weighted by Gasteiger charge is -2.17. The monoisotopic (exact) mass is 430 g/mol. The maximum absolute atomic E-state index is 11.2. The van der Waals surface area contributed by atoms with Gasteiger partial charge in [0, 0.05) is 23.8 Å². The molecule has 28 heavy (non-hydrogen) atoms. The summed E-state index contributed by atoms with van der Waals surface area (Å²) in [5.41, 5.74) is 0.607. The molecule has 1 aromatic carbocycles. The first-order valence-electron chi connectivity index (χ1n) is 9.64. The fraction of sp³-hybridized carbons (Fsp3) is 0.600. The molecule has 0 spiro atoms. The number of unbranched alkanes of at least 4 members (excludes halogenated alkanes) is 5. The Morgan fingerprint density at radius 3 is 2.50 bits per heavy atom. The molecule has 1 aliphatic heterocycles. The maximum Gasteiger partial charge on any atom is 0.405 e. The summed E-state index contributed by atoms with van der Waals surface area (Å²) in [6, 6.07) is 4.25. The summed E-state index contributed by atoms with van der Waals surface area (Å²) in [5, 5.41) is 12.5. The second kappa shape index (κ2) is 12.1. The van der Waals surface area contributed by atoms with Crippen LogP contribution in [-0.2, 0) is 9.47 Å². The molecule has 0 aliphatic carbocycles. The van der Waals surface area contributed by atoms with Gasteiger partial charge in [-0.05, 0) is 36.6 Å². The molecule has 156 valence electrons. The Bertz CT molecular complexity index is 649. The molecule has 2 N–H and O–H groups in total. The first-order chi connectivity index (χ1) is 13.5. The first kappa shape index (κ1) is 22.8. The zero-order valence-electron chi connectivity index (χ0n) is 16.1. The number of carbonyl (C=O) groups is 1. The predicted octanol–water partition coefficient (Wildman–Crippen LogP) is 5.48. The average Bonchev–Trinajstić information content (AvgIpc) is 3.09. The summed E-state index contributed by atoms with van der Waals surface area (Å²) in [4.78, 5) is 15.8. The van der Waals surface area contributed by atoms with Gasteiger partial charge in [0.25, 0.3) is 0 Å². The van der Waals surface area contributed by atoms with E-state index >= 15 is 0 Å². The summed E-state index contributed by atoms with van der Waals surface area (Å²) in [6.07, 6.45) is 6.75. The van der Waals surface area contributed by atoms with Gasteiger partial charge in [-0.2, -0.15) is 0 Å². The highest BCUT2D eigenvalue weighted by Crippen LogP contribution is 2.27. The number of halogens is 2. The fourth-order valence-electron chi connectivity index (χ4n) is 3.23. The lowest BCUT2D eigenvalue weighted by molar-refractivity contribution is 0.191. The third kappa shape index (κ3) is 7.86. The van der Waals surface area contributed by atoms with Gasteiger partial charge in [-0.25, -0.2) is 9.79 Å². The second-order valence-corrected chi connectivity index (χ2v) is 7.79. The lowest BCUT2D eigenvalue weighted by atomic mass is 10.1. The van der Waals surface area contributed by atoms with Crippen molar-refractivity contribution in [1.29, 1.82) is 0 Å². The molecule has 6 nitrogen and oxygen atoms in total. The number of benzene rings is 1. The van der Waals surface area contributed by atoms with Gasteiger partial charge in [-0.15, -0.1) is 0 Å². The largest absolute Gasteiger partial charge is 0.477 e. The molecular formula is C20H28Cl2N2O4. The van der Waals surface area contributed by atoms with Gasteiger partial charge in [0.1, 0.15) is 12.6 Å². The minimum atomic E-state index is -1.16. The molecule has 8 heteroatoms. The highest BCUT2D eigenvalue weighted by molar-refractivity contribution is 6.34. The Balaban J connectivity index is 1.87. The van der Waals surface area contributed by atoms with Crippen LogP contribution in [-0.4, -0.2) is 43.5 Å². The summed E-state index contributed by atoms with van der Waals surface area (Å²) in [5.74, 6) is 0.366. The van der Waals surface area contributed by atoms with E-state index in [0.717, 1.165) is 32.3 Å². The Labute approximate surface area is 176 Å². The minimum Gasteiger partial charge on any atom is -0.477 e. The molecule has 0 radical (unpaired) electrons. The van der Waals surface area contributed by atoms with Crippen LogP contribution in [0.4, 0.5) is 4.79 Å². The summed E-state index contributed by atoms with van der Waals surface area (Å²) in [6.45, 7) is 1.30. The molecule has 2 atom stereocenters. The van der Waals surface area contributed by atoms with Gasteiger partial charge in [-0.1, -0.05) is 55.3 Å². The van der Waals surface area contributed by atoms with E-state index in [4.69, 9.17) is 32.7 Å². The Kier molecular flexibility index (Phi) is 9.88. The van der Waals surface area contributed by atoms with Crippen molar-refractivity contribution < 1.29 is 19.4 Å². The number of amides is 1. The van der Waals surface area contributed by atoms with E-state index in [2.05, 4.69) is 10.3 Å². The van der Waals surface area contributed by atoms with Crippen molar-refractivity contribution in [3.05, 3.63) is 33.8 Å². The highest BCUT2D eigenvalue weighted by Gasteiger charge is 2.29. The van der Waals surface area contributed by atoms with Crippen LogP contribution in [0.5, 0.6) is 0 Å². The molecular weight excluding hydrogens is 403 g/mol. The highest BCUT2D eigenvalue weighted by atomic mass is 35.5. The molecule has 2 rings (SSSR count). The number of hydrogen-bond donors (Lipinski definition) is 2. The van der Waals surface area contributed by atoms with Crippen LogP contribution < -0.4 is 5.32 Å². The van der Waals surface area contributed by atoms with Crippen LogP contribution >= 0.6 is 23.2 Å². The van der Waals surface area contributed by atoms with E-state index in [1.807, 2.05) is 0 Å². The van der Waals surface area contributed by atoms with Crippen LogP contribution in [0, 0.1) is 0 Å². The third-order valence-corrected chi connectivity index (χ3v) is 5.04. The van der Waals surface area contributed by atoms with Gasteiger partial charge in [-0.3, -0.25) is 0 Å². The number of nitrogens with zero attached hydrogens (tertiary/aromatic N) is 1. The molecule has 0 aromatic heterocycles. The molecule has 0 bridgehead atoms. The van der Waals surface area contributed by atoms with E-state index < -0.39 is 12.1 Å². The van der Waals surface area contributed by atoms with Crippen LogP contribution in [0.15, 0.2) is 23.2 Å². The fourth-order valence-corrected chi connectivity index (χ4v) is 3.77. The van der Waals surface area contributed by atoms with Gasteiger partial charge < -0.3 is 19.9 Å². The van der Waals surface area contributed by atoms with Crippen molar-refractivity contribution in [1.82, 2.24) is 5.32 Å². The number of carboxylic acid groups (broad SMARTS) is 1. The summed E-state index contributed by atoms with van der Waals surface area (Å²) >= 11 is 12.1. The topological polar surface area (TPSA) is 80.2 Å². The second-order valence-electron chi connectivity index (χ2n) is 6.92. The van der Waals surface area contributed by atoms with Crippen LogP contribution in [0.3, 0.4) is 0 Å². The number of aliphatic imine (C=N–C) groups is 1. The number of methoxy groups -OCH3 is 1. The molecule has 0 saturated heterocycles. The number of nitrogens with one attached hydrogen (secondary N) is 1. The first-order valence-corrected chi connectivity index (χ1v) is 10.4. The maximum atomic E-state index is 11.2. The zero-order chi connectivity index (χ0) is 20.4. The van der Waals surface area contributed by atoms with Gasteiger partial charge in [0.2, 0.25) is 5.90 Å². The van der Waals surface area contributed by atoms with Crippen molar-refractivity contribution in [3.8, 4) is 0 Å². The SMILES string of the molecule is COCCCCCCCCC1COC(C(NC(=O)O)c2cc(Cl)cc(Cl)c2)=N1. The van der Waals surface area contributed by atoms with Crippen molar-refractivity contribution in [2.45, 2.75) is 57.0 Å². The van der Waals surface area contributed by atoms with Crippen molar-refractivity contribution in [2.24, 2.45) is 4.99 Å². The van der Waals surface area contributed by atoms with E-state index in [-0.39, 0.29) is 6.04 Å². The Hall–Kier alpha value is -1.50. The van der Waals surface area contributed by atoms with Crippen molar-refractivity contribution in [3.63, 3.8) is 0 Å². The standard InChI is InChI=1S/C20H28Cl2N2O4/c1-27-9-7-5-3-2-4-6-8-17-13-28-19(23-17)18(24-20(25)26)14-10-15(21)12-16(22)11-14/h10-12,17-18,24H,2-9,13H2,1H3,(H,25,26). The molecule has 0 fully saturated rings. The van der Waals surface area contributed by atoms with E-state index in [0.29, 0.717) is 28.1 Å². The number of hydrogen-bond acceptors (Lipinski definition) is 4. The number of rotatable bonds is 12. The van der Waals surface area contributed by atoms with Crippen LogP contribution in [0.2, 0.25) is 10.0 Å². The smallest absolute Gasteiger partial charge is 0.405 e. The molecule has 1 aromatic rings.